The van der Waals surface area contributed by atoms with Crippen LogP contribution >= 0.6 is 0 Å². The summed E-state index contributed by atoms with van der Waals surface area (Å²) in [7, 11) is 3.54. The van der Waals surface area contributed by atoms with Gasteiger partial charge in [0.05, 0.1) is 12.5 Å². The maximum atomic E-state index is 12.0. The molecule has 2 aliphatic heterocycles. The molecule has 2 saturated heterocycles. The molecule has 0 aliphatic carbocycles. The molecule has 3 rings (SSSR count). The average Bonchev–Trinajstić information content (AvgIpc) is 2.63. The summed E-state index contributed by atoms with van der Waals surface area (Å²) in [5.41, 5.74) is 1.06. The number of likely N-dealkylation sites (tertiary alicyclic amines) is 2. The van der Waals surface area contributed by atoms with E-state index < -0.39 is 12.1 Å². The first-order valence-electron chi connectivity index (χ1n) is 8.35. The van der Waals surface area contributed by atoms with Crippen molar-refractivity contribution in [3.05, 3.63) is 23.9 Å². The summed E-state index contributed by atoms with van der Waals surface area (Å²) in [6, 6.07) is 3.99. The summed E-state index contributed by atoms with van der Waals surface area (Å²) in [5.74, 6) is -1.73. The Morgan fingerprint density at radius 2 is 1.96 bits per heavy atom. The third kappa shape index (κ3) is 4.88. The Labute approximate surface area is 154 Å². The molecular formula is C17H22F3N3O4. The van der Waals surface area contributed by atoms with Crippen LogP contribution in [0.5, 0.6) is 5.88 Å². The van der Waals surface area contributed by atoms with E-state index in [1.165, 1.54) is 0 Å². The van der Waals surface area contributed by atoms with E-state index in [0.717, 1.165) is 44.6 Å². The number of methoxy groups -OCH3 is 1. The number of carbonyl (C=O) groups excluding carboxylic acids is 1. The van der Waals surface area contributed by atoms with Crippen LogP contribution in [0.2, 0.25) is 0 Å². The fraction of sp³-hybridized carbons (Fsp3) is 0.588. The first kappa shape index (κ1) is 20.9. The van der Waals surface area contributed by atoms with E-state index in [-0.39, 0.29) is 5.41 Å². The molecule has 2 fully saturated rings. The topological polar surface area (TPSA) is 83.0 Å². The van der Waals surface area contributed by atoms with Crippen LogP contribution in [0.15, 0.2) is 18.3 Å². The molecule has 1 spiro atoms. The highest BCUT2D eigenvalue weighted by atomic mass is 19.4. The third-order valence-corrected chi connectivity index (χ3v) is 4.83. The van der Waals surface area contributed by atoms with Gasteiger partial charge in [-0.25, -0.2) is 9.78 Å². The molecule has 1 aromatic rings. The molecule has 0 radical (unpaired) electrons. The number of nitrogens with zero attached hydrogens (tertiary/aromatic N) is 3. The van der Waals surface area contributed by atoms with Crippen LogP contribution in [0.4, 0.5) is 13.2 Å². The lowest BCUT2D eigenvalue weighted by Gasteiger charge is -2.51. The highest BCUT2D eigenvalue weighted by Crippen LogP contribution is 2.41. The Bertz CT molecular complexity index is 688. The quantitative estimate of drug-likeness (QED) is 0.794. The maximum Gasteiger partial charge on any atom is 0.490 e. The fourth-order valence-electron chi connectivity index (χ4n) is 3.39. The molecule has 27 heavy (non-hydrogen) atoms. The zero-order valence-electron chi connectivity index (χ0n) is 15.1. The smallest absolute Gasteiger partial charge is 0.481 e. The molecule has 1 amide bonds. The van der Waals surface area contributed by atoms with E-state index in [1.54, 1.807) is 13.3 Å². The number of ether oxygens (including phenoxy) is 1. The van der Waals surface area contributed by atoms with Gasteiger partial charge in [-0.2, -0.15) is 13.2 Å². The van der Waals surface area contributed by atoms with E-state index in [0.29, 0.717) is 11.8 Å². The second-order valence-corrected chi connectivity index (χ2v) is 6.69. The van der Waals surface area contributed by atoms with Crippen molar-refractivity contribution in [2.45, 2.75) is 25.6 Å². The molecule has 150 valence electrons. The predicted molar refractivity (Wildman–Crippen MR) is 89.1 cm³/mol. The summed E-state index contributed by atoms with van der Waals surface area (Å²) in [4.78, 5) is 29.3. The number of piperidine rings is 1. The molecule has 3 heterocycles. The van der Waals surface area contributed by atoms with Gasteiger partial charge in [-0.3, -0.25) is 9.69 Å². The maximum absolute atomic E-state index is 12.0. The Hall–Kier alpha value is -2.36. The second kappa shape index (κ2) is 8.12. The minimum atomic E-state index is -5.08. The van der Waals surface area contributed by atoms with Crippen LogP contribution in [-0.4, -0.2) is 71.7 Å². The van der Waals surface area contributed by atoms with Gasteiger partial charge in [0.1, 0.15) is 0 Å². The van der Waals surface area contributed by atoms with Crippen molar-refractivity contribution in [3.63, 3.8) is 0 Å². The lowest BCUT2D eigenvalue weighted by molar-refractivity contribution is -0.192. The number of rotatable bonds is 3. The summed E-state index contributed by atoms with van der Waals surface area (Å²) < 4.78 is 37.0. The SMILES string of the molecule is COc1ncccc1CN1CCC2(CC1)CN(C)C2=O.O=C(O)C(F)(F)F. The molecule has 1 aromatic heterocycles. The minimum absolute atomic E-state index is 0.0513. The van der Waals surface area contributed by atoms with Gasteiger partial charge >= 0.3 is 12.1 Å². The number of β-lactam (4-membered cyclic amide) rings is 1. The van der Waals surface area contributed by atoms with Crippen LogP contribution in [0.3, 0.4) is 0 Å². The van der Waals surface area contributed by atoms with Gasteiger partial charge in [0.2, 0.25) is 11.8 Å². The van der Waals surface area contributed by atoms with Gasteiger partial charge in [-0.05, 0) is 32.0 Å². The van der Waals surface area contributed by atoms with Crippen molar-refractivity contribution in [1.29, 1.82) is 0 Å². The number of alkyl halides is 3. The number of carboxylic acid groups (broad SMARTS) is 1. The highest BCUT2D eigenvalue weighted by molar-refractivity contribution is 5.88. The monoisotopic (exact) mass is 389 g/mol. The van der Waals surface area contributed by atoms with E-state index in [4.69, 9.17) is 14.6 Å². The summed E-state index contributed by atoms with van der Waals surface area (Å²) in [6.07, 6.45) is -1.39. The average molecular weight is 389 g/mol. The molecule has 0 aromatic carbocycles. The lowest BCUT2D eigenvalue weighted by atomic mass is 9.71. The van der Waals surface area contributed by atoms with Crippen molar-refractivity contribution in [2.24, 2.45) is 5.41 Å². The molecular weight excluding hydrogens is 367 g/mol. The Morgan fingerprint density at radius 3 is 2.41 bits per heavy atom. The number of carbonyl (C=O) groups is 2. The summed E-state index contributed by atoms with van der Waals surface area (Å²) >= 11 is 0. The number of amides is 1. The van der Waals surface area contributed by atoms with Gasteiger partial charge in [0.15, 0.2) is 0 Å². The van der Waals surface area contributed by atoms with E-state index >= 15 is 0 Å². The molecule has 0 saturated carbocycles. The third-order valence-electron chi connectivity index (χ3n) is 4.83. The van der Waals surface area contributed by atoms with Gasteiger partial charge in [0, 0.05) is 31.9 Å². The molecule has 1 N–H and O–H groups in total. The molecule has 0 bridgehead atoms. The first-order valence-corrected chi connectivity index (χ1v) is 8.35. The van der Waals surface area contributed by atoms with Crippen molar-refractivity contribution < 1.29 is 32.6 Å². The fourth-order valence-corrected chi connectivity index (χ4v) is 3.39. The highest BCUT2D eigenvalue weighted by Gasteiger charge is 2.51. The van der Waals surface area contributed by atoms with E-state index in [2.05, 4.69) is 16.0 Å². The lowest BCUT2D eigenvalue weighted by Crippen LogP contribution is -2.63. The minimum Gasteiger partial charge on any atom is -0.481 e. The van der Waals surface area contributed by atoms with Crippen LogP contribution in [0.25, 0.3) is 0 Å². The van der Waals surface area contributed by atoms with Gasteiger partial charge in [0.25, 0.3) is 0 Å². The zero-order valence-corrected chi connectivity index (χ0v) is 15.1. The Kier molecular flexibility index (Phi) is 6.30. The van der Waals surface area contributed by atoms with E-state index in [1.807, 2.05) is 18.0 Å². The Morgan fingerprint density at radius 1 is 1.37 bits per heavy atom. The van der Waals surface area contributed by atoms with Crippen molar-refractivity contribution in [1.82, 2.24) is 14.8 Å². The van der Waals surface area contributed by atoms with E-state index in [9.17, 15) is 18.0 Å². The van der Waals surface area contributed by atoms with Crippen molar-refractivity contribution in [2.75, 3.05) is 33.8 Å². The number of pyridine rings is 1. The Balaban J connectivity index is 0.000000321. The summed E-state index contributed by atoms with van der Waals surface area (Å²) in [5, 5.41) is 7.12. The molecule has 7 nitrogen and oxygen atoms in total. The molecule has 10 heteroatoms. The van der Waals surface area contributed by atoms with Crippen LogP contribution in [0.1, 0.15) is 18.4 Å². The van der Waals surface area contributed by atoms with Crippen molar-refractivity contribution in [3.8, 4) is 5.88 Å². The zero-order chi connectivity index (χ0) is 20.2. The van der Waals surface area contributed by atoms with Gasteiger partial charge in [-0.15, -0.1) is 0 Å². The first-order chi connectivity index (χ1) is 12.6. The largest absolute Gasteiger partial charge is 0.490 e. The van der Waals surface area contributed by atoms with Crippen LogP contribution in [-0.2, 0) is 16.1 Å². The number of aliphatic carboxylic acids is 1. The number of aromatic nitrogens is 1. The van der Waals surface area contributed by atoms with Gasteiger partial charge < -0.3 is 14.7 Å². The van der Waals surface area contributed by atoms with Gasteiger partial charge in [-0.1, -0.05) is 6.07 Å². The second-order valence-electron chi connectivity index (χ2n) is 6.69. The number of hydrogen-bond donors (Lipinski definition) is 1. The predicted octanol–water partition coefficient (Wildman–Crippen LogP) is 1.78. The summed E-state index contributed by atoms with van der Waals surface area (Å²) in [6.45, 7) is 3.71. The molecule has 2 aliphatic rings. The standard InChI is InChI=1S/C15H21N3O2.C2HF3O2/c1-17-11-15(14(17)19)5-8-18(9-6-15)10-12-4-3-7-16-13(12)20-2;3-2(4,5)1(6)7/h3-4,7H,5-6,8-11H2,1-2H3;(H,6,7). The van der Waals surface area contributed by atoms with Crippen LogP contribution < -0.4 is 4.74 Å². The molecule has 0 unspecified atom stereocenters. The van der Waals surface area contributed by atoms with Crippen molar-refractivity contribution >= 4 is 11.9 Å². The normalized spacial score (nSPS) is 19.1. The number of carboxylic acids is 1. The number of hydrogen-bond acceptors (Lipinski definition) is 5. The molecule has 0 atom stereocenters. The van der Waals surface area contributed by atoms with Crippen LogP contribution in [0, 0.1) is 5.41 Å². The number of halogens is 3.